The second-order valence-corrected chi connectivity index (χ2v) is 8.53. The molecule has 2 aromatic carbocycles. The fourth-order valence-electron chi connectivity index (χ4n) is 4.34. The van der Waals surface area contributed by atoms with Crippen LogP contribution in [-0.2, 0) is 14.4 Å². The van der Waals surface area contributed by atoms with Gasteiger partial charge in [-0.05, 0) is 55.5 Å². The Hall–Kier alpha value is -3.61. The van der Waals surface area contributed by atoms with Gasteiger partial charge in [0.15, 0.2) is 0 Å². The van der Waals surface area contributed by atoms with E-state index in [1.54, 1.807) is 48.5 Å². The molecule has 4 rings (SSSR count). The molecule has 0 saturated carbocycles. The van der Waals surface area contributed by atoms with Crippen molar-refractivity contribution >= 4 is 34.7 Å². The summed E-state index contributed by atoms with van der Waals surface area (Å²) < 4.78 is 5.58. The molecule has 2 heterocycles. The Morgan fingerprint density at radius 1 is 1.06 bits per heavy atom. The Labute approximate surface area is 194 Å². The molecule has 1 saturated heterocycles. The molecule has 2 aliphatic rings. The number of imide groups is 1. The van der Waals surface area contributed by atoms with E-state index >= 15 is 0 Å². The van der Waals surface area contributed by atoms with Crippen LogP contribution >= 0.6 is 0 Å². The van der Waals surface area contributed by atoms with Crippen molar-refractivity contribution in [2.45, 2.75) is 33.6 Å². The molecule has 0 bridgehead atoms. The summed E-state index contributed by atoms with van der Waals surface area (Å²) in [5.41, 5.74) is 2.62. The van der Waals surface area contributed by atoms with Crippen LogP contribution in [0.1, 0.15) is 39.2 Å². The first-order valence-corrected chi connectivity index (χ1v) is 11.4. The first-order valence-electron chi connectivity index (χ1n) is 11.4. The van der Waals surface area contributed by atoms with Crippen molar-refractivity contribution in [3.8, 4) is 5.75 Å². The van der Waals surface area contributed by atoms with E-state index in [0.717, 1.165) is 25.9 Å². The lowest BCUT2D eigenvalue weighted by atomic mass is 9.97. The Kier molecular flexibility index (Phi) is 6.49. The zero-order valence-electron chi connectivity index (χ0n) is 19.3. The van der Waals surface area contributed by atoms with Crippen LogP contribution in [0, 0.1) is 5.92 Å². The molecule has 0 spiro atoms. The minimum absolute atomic E-state index is 0.169. The molecule has 0 radical (unpaired) electrons. The molecule has 3 amide bonds. The number of anilines is 2. The number of amides is 3. The van der Waals surface area contributed by atoms with Crippen LogP contribution in [0.4, 0.5) is 11.4 Å². The van der Waals surface area contributed by atoms with Crippen molar-refractivity contribution in [2.24, 2.45) is 5.92 Å². The highest BCUT2D eigenvalue weighted by Gasteiger charge is 2.43. The van der Waals surface area contributed by atoms with E-state index in [2.05, 4.69) is 12.2 Å². The van der Waals surface area contributed by atoms with Crippen LogP contribution in [0.3, 0.4) is 0 Å². The van der Waals surface area contributed by atoms with E-state index in [1.807, 2.05) is 11.8 Å². The van der Waals surface area contributed by atoms with E-state index in [1.165, 1.54) is 11.8 Å². The summed E-state index contributed by atoms with van der Waals surface area (Å²) in [4.78, 5) is 42.0. The van der Waals surface area contributed by atoms with Crippen molar-refractivity contribution < 1.29 is 19.1 Å². The Morgan fingerprint density at radius 2 is 1.76 bits per heavy atom. The van der Waals surface area contributed by atoms with Crippen molar-refractivity contribution in [3.63, 3.8) is 0 Å². The number of benzene rings is 2. The molecule has 33 heavy (non-hydrogen) atoms. The standard InChI is InChI=1S/C26H29N3O4/c1-4-33-22-7-5-6-21(16-22)29-25(31)23(19-8-10-20(11-9-19)27-18(3)30)24(26(29)32)28-14-12-17(2)13-15-28/h5-11,16-17H,4,12-15H2,1-3H3,(H,27,30). The summed E-state index contributed by atoms with van der Waals surface area (Å²) in [7, 11) is 0. The highest BCUT2D eigenvalue weighted by molar-refractivity contribution is 6.45. The normalized spacial score (nSPS) is 17.1. The molecule has 1 N–H and O–H groups in total. The van der Waals surface area contributed by atoms with Gasteiger partial charge in [-0.15, -0.1) is 0 Å². The summed E-state index contributed by atoms with van der Waals surface area (Å²) in [6.45, 7) is 7.50. The van der Waals surface area contributed by atoms with Gasteiger partial charge in [0, 0.05) is 31.8 Å². The van der Waals surface area contributed by atoms with Gasteiger partial charge in [0.25, 0.3) is 11.8 Å². The van der Waals surface area contributed by atoms with Gasteiger partial charge < -0.3 is 15.0 Å². The highest BCUT2D eigenvalue weighted by Crippen LogP contribution is 2.37. The summed E-state index contributed by atoms with van der Waals surface area (Å²) in [5, 5.41) is 2.73. The molecule has 0 unspecified atom stereocenters. The first-order chi connectivity index (χ1) is 15.9. The number of carbonyl (C=O) groups excluding carboxylic acids is 3. The lowest BCUT2D eigenvalue weighted by Gasteiger charge is -2.32. The minimum atomic E-state index is -0.352. The van der Waals surface area contributed by atoms with Crippen molar-refractivity contribution in [1.29, 1.82) is 0 Å². The maximum absolute atomic E-state index is 13.7. The van der Waals surface area contributed by atoms with Crippen LogP contribution in [0.25, 0.3) is 5.57 Å². The average molecular weight is 448 g/mol. The fourth-order valence-corrected chi connectivity index (χ4v) is 4.34. The summed E-state index contributed by atoms with van der Waals surface area (Å²) in [6, 6.07) is 14.1. The van der Waals surface area contributed by atoms with Crippen LogP contribution in [0.2, 0.25) is 0 Å². The molecule has 172 valence electrons. The van der Waals surface area contributed by atoms with Crippen LogP contribution < -0.4 is 15.0 Å². The monoisotopic (exact) mass is 447 g/mol. The Morgan fingerprint density at radius 3 is 2.39 bits per heavy atom. The zero-order valence-corrected chi connectivity index (χ0v) is 19.3. The molecule has 0 aliphatic carbocycles. The SMILES string of the molecule is CCOc1cccc(N2C(=O)C(c3ccc(NC(C)=O)cc3)=C(N3CCC(C)CC3)C2=O)c1. The second kappa shape index (κ2) is 9.48. The molecule has 2 aliphatic heterocycles. The minimum Gasteiger partial charge on any atom is -0.494 e. The lowest BCUT2D eigenvalue weighted by molar-refractivity contribution is -0.121. The van der Waals surface area contributed by atoms with Crippen LogP contribution in [0.5, 0.6) is 5.75 Å². The molecule has 1 fully saturated rings. The van der Waals surface area contributed by atoms with Crippen molar-refractivity contribution in [2.75, 3.05) is 29.9 Å². The van der Waals surface area contributed by atoms with Gasteiger partial charge in [-0.25, -0.2) is 4.90 Å². The quantitative estimate of drug-likeness (QED) is 0.676. The number of ether oxygens (including phenoxy) is 1. The van der Waals surface area contributed by atoms with Gasteiger partial charge in [0.1, 0.15) is 11.4 Å². The second-order valence-electron chi connectivity index (χ2n) is 8.53. The van der Waals surface area contributed by atoms with E-state index in [-0.39, 0.29) is 17.7 Å². The van der Waals surface area contributed by atoms with Gasteiger partial charge in [-0.2, -0.15) is 0 Å². The van der Waals surface area contributed by atoms with Gasteiger partial charge >= 0.3 is 0 Å². The van der Waals surface area contributed by atoms with Gasteiger partial charge in [-0.1, -0.05) is 25.1 Å². The predicted molar refractivity (Wildman–Crippen MR) is 128 cm³/mol. The number of piperidine rings is 1. The lowest BCUT2D eigenvalue weighted by Crippen LogP contribution is -2.38. The predicted octanol–water partition coefficient (Wildman–Crippen LogP) is 4.06. The zero-order chi connectivity index (χ0) is 23.5. The van der Waals surface area contributed by atoms with Crippen molar-refractivity contribution in [1.82, 2.24) is 4.90 Å². The number of carbonyl (C=O) groups is 3. The van der Waals surface area contributed by atoms with E-state index < -0.39 is 0 Å². The average Bonchev–Trinajstić information content (AvgIpc) is 3.05. The van der Waals surface area contributed by atoms with Crippen LogP contribution in [-0.4, -0.2) is 42.3 Å². The molecular weight excluding hydrogens is 418 g/mol. The molecule has 0 aromatic heterocycles. The first kappa shape index (κ1) is 22.6. The number of hydrogen-bond acceptors (Lipinski definition) is 5. The molecule has 2 aromatic rings. The third kappa shape index (κ3) is 4.62. The third-order valence-corrected chi connectivity index (χ3v) is 6.04. The number of hydrogen-bond donors (Lipinski definition) is 1. The maximum atomic E-state index is 13.7. The smallest absolute Gasteiger partial charge is 0.282 e. The number of likely N-dealkylation sites (tertiary alicyclic amines) is 1. The maximum Gasteiger partial charge on any atom is 0.282 e. The molecular formula is C26H29N3O4. The molecule has 0 atom stereocenters. The fraction of sp³-hybridized carbons (Fsp3) is 0.346. The Balaban J connectivity index is 1.75. The molecule has 7 nitrogen and oxygen atoms in total. The van der Waals surface area contributed by atoms with E-state index in [0.29, 0.717) is 46.5 Å². The largest absolute Gasteiger partial charge is 0.494 e. The summed E-state index contributed by atoms with van der Waals surface area (Å²) in [5.74, 6) is 0.363. The third-order valence-electron chi connectivity index (χ3n) is 6.04. The highest BCUT2D eigenvalue weighted by atomic mass is 16.5. The number of nitrogens with zero attached hydrogens (tertiary/aromatic N) is 2. The van der Waals surface area contributed by atoms with Crippen molar-refractivity contribution in [3.05, 3.63) is 59.8 Å². The number of rotatable bonds is 6. The summed E-state index contributed by atoms with van der Waals surface area (Å²) in [6.07, 6.45) is 1.94. The summed E-state index contributed by atoms with van der Waals surface area (Å²) >= 11 is 0. The van der Waals surface area contributed by atoms with E-state index in [9.17, 15) is 14.4 Å². The van der Waals surface area contributed by atoms with Crippen LogP contribution in [0.15, 0.2) is 54.2 Å². The van der Waals surface area contributed by atoms with Gasteiger partial charge in [-0.3, -0.25) is 14.4 Å². The van der Waals surface area contributed by atoms with Gasteiger partial charge in [0.2, 0.25) is 5.91 Å². The topological polar surface area (TPSA) is 79.0 Å². The molecule has 7 heteroatoms. The Bertz CT molecular complexity index is 1100. The van der Waals surface area contributed by atoms with Gasteiger partial charge in [0.05, 0.1) is 17.9 Å². The number of nitrogens with one attached hydrogen (secondary N) is 1. The van der Waals surface area contributed by atoms with E-state index in [4.69, 9.17) is 4.74 Å².